The largest absolute Gasteiger partial charge is 0.497 e. The molecule has 0 fully saturated rings. The van der Waals surface area contributed by atoms with E-state index >= 15 is 0 Å². The van der Waals surface area contributed by atoms with Crippen LogP contribution in [-0.2, 0) is 11.3 Å². The fourth-order valence-electron chi connectivity index (χ4n) is 2.87. The number of fused-ring (bicyclic) bond motifs is 1. The van der Waals surface area contributed by atoms with Crippen molar-refractivity contribution in [1.29, 1.82) is 0 Å². The van der Waals surface area contributed by atoms with Crippen molar-refractivity contribution in [2.24, 2.45) is 0 Å². The Morgan fingerprint density at radius 1 is 1.07 bits per heavy atom. The number of aromatic nitrogens is 3. The summed E-state index contributed by atoms with van der Waals surface area (Å²) in [5.41, 5.74) is 2.68. The normalized spacial score (nSPS) is 10.8. The number of carbonyl (C=O) groups excluding carboxylic acids is 1. The van der Waals surface area contributed by atoms with Crippen LogP contribution in [0.2, 0.25) is 0 Å². The Bertz CT molecular complexity index is 1150. The highest BCUT2D eigenvalue weighted by molar-refractivity contribution is 6.03. The van der Waals surface area contributed by atoms with E-state index in [-0.39, 0.29) is 12.5 Å². The molecular weight excluding hydrogens is 358 g/mol. The standard InChI is InChI=1S/C21H17N3O4/c1-13-10-17(16-8-3-4-9-18(16)22-13)21(25)27-12-19-23-20(24-28-19)14-6-5-7-15(11-14)26-2/h3-11H,12H2,1-2H3. The van der Waals surface area contributed by atoms with Crippen molar-refractivity contribution in [3.05, 3.63) is 71.7 Å². The van der Waals surface area contributed by atoms with Crippen LogP contribution in [-0.4, -0.2) is 28.2 Å². The zero-order valence-corrected chi connectivity index (χ0v) is 15.4. The second kappa shape index (κ2) is 7.48. The molecule has 0 spiro atoms. The lowest BCUT2D eigenvalue weighted by Crippen LogP contribution is -2.07. The summed E-state index contributed by atoms with van der Waals surface area (Å²) < 4.78 is 15.8. The van der Waals surface area contributed by atoms with E-state index < -0.39 is 5.97 Å². The number of benzene rings is 2. The van der Waals surface area contributed by atoms with Gasteiger partial charge in [-0.1, -0.05) is 35.5 Å². The smallest absolute Gasteiger partial charge is 0.339 e. The molecule has 2 aromatic carbocycles. The predicted octanol–water partition coefficient (Wildman–Crippen LogP) is 3.96. The highest BCUT2D eigenvalue weighted by Crippen LogP contribution is 2.22. The van der Waals surface area contributed by atoms with E-state index in [4.69, 9.17) is 14.0 Å². The molecule has 7 nitrogen and oxygen atoms in total. The number of pyridine rings is 1. The van der Waals surface area contributed by atoms with Gasteiger partial charge in [-0.25, -0.2) is 4.79 Å². The molecule has 0 aliphatic rings. The Kier molecular flexibility index (Phi) is 4.72. The summed E-state index contributed by atoms with van der Waals surface area (Å²) in [6.45, 7) is 1.72. The molecule has 0 atom stereocenters. The first-order valence-corrected chi connectivity index (χ1v) is 8.64. The lowest BCUT2D eigenvalue weighted by molar-refractivity contribution is 0.0432. The molecule has 28 heavy (non-hydrogen) atoms. The van der Waals surface area contributed by atoms with Crippen LogP contribution in [0.1, 0.15) is 21.9 Å². The zero-order chi connectivity index (χ0) is 19.5. The maximum atomic E-state index is 12.6. The highest BCUT2D eigenvalue weighted by Gasteiger charge is 2.16. The van der Waals surface area contributed by atoms with Crippen molar-refractivity contribution in [3.8, 4) is 17.1 Å². The minimum absolute atomic E-state index is 0.120. The minimum atomic E-state index is -0.470. The molecule has 2 heterocycles. The molecule has 0 N–H and O–H groups in total. The number of carbonyl (C=O) groups is 1. The van der Waals surface area contributed by atoms with E-state index in [1.807, 2.05) is 49.4 Å². The Morgan fingerprint density at radius 3 is 2.79 bits per heavy atom. The Hall–Kier alpha value is -3.74. The van der Waals surface area contributed by atoms with Crippen LogP contribution in [0.3, 0.4) is 0 Å². The van der Waals surface area contributed by atoms with Gasteiger partial charge in [0.1, 0.15) is 5.75 Å². The van der Waals surface area contributed by atoms with E-state index in [1.54, 1.807) is 19.2 Å². The van der Waals surface area contributed by atoms with Gasteiger partial charge in [-0.15, -0.1) is 0 Å². The molecule has 7 heteroatoms. The SMILES string of the molecule is COc1cccc(-c2noc(COC(=O)c3cc(C)nc4ccccc34)n2)c1. The average Bonchev–Trinajstić information content (AvgIpc) is 3.20. The van der Waals surface area contributed by atoms with Gasteiger partial charge in [-0.05, 0) is 31.2 Å². The molecule has 4 aromatic rings. The summed E-state index contributed by atoms with van der Waals surface area (Å²) in [5, 5.41) is 4.67. The van der Waals surface area contributed by atoms with Crippen LogP contribution in [0.5, 0.6) is 5.75 Å². The van der Waals surface area contributed by atoms with Crippen molar-refractivity contribution in [1.82, 2.24) is 15.1 Å². The molecule has 0 saturated heterocycles. The first kappa shape index (κ1) is 17.7. The van der Waals surface area contributed by atoms with Crippen LogP contribution in [0, 0.1) is 6.92 Å². The Labute approximate surface area is 160 Å². The fraction of sp³-hybridized carbons (Fsp3) is 0.143. The van der Waals surface area contributed by atoms with Crippen LogP contribution >= 0.6 is 0 Å². The molecule has 0 saturated carbocycles. The summed E-state index contributed by atoms with van der Waals surface area (Å²) in [6.07, 6.45) is 0. The van der Waals surface area contributed by atoms with E-state index in [2.05, 4.69) is 15.1 Å². The third-order valence-electron chi connectivity index (χ3n) is 4.19. The summed E-state index contributed by atoms with van der Waals surface area (Å²) in [6, 6.07) is 16.4. The van der Waals surface area contributed by atoms with E-state index in [0.717, 1.165) is 22.2 Å². The molecule has 140 valence electrons. The van der Waals surface area contributed by atoms with E-state index in [0.29, 0.717) is 17.1 Å². The molecule has 4 rings (SSSR count). The molecular formula is C21H17N3O4. The van der Waals surface area contributed by atoms with Crippen molar-refractivity contribution < 1.29 is 18.8 Å². The average molecular weight is 375 g/mol. The van der Waals surface area contributed by atoms with Gasteiger partial charge in [0.15, 0.2) is 6.61 Å². The van der Waals surface area contributed by atoms with Crippen LogP contribution in [0.4, 0.5) is 0 Å². The number of methoxy groups -OCH3 is 1. The number of para-hydroxylation sites is 1. The second-order valence-electron chi connectivity index (χ2n) is 6.15. The maximum Gasteiger partial charge on any atom is 0.339 e. The number of esters is 1. The maximum absolute atomic E-state index is 12.6. The molecule has 0 radical (unpaired) electrons. The third kappa shape index (κ3) is 3.55. The number of rotatable bonds is 5. The Balaban J connectivity index is 1.51. The first-order valence-electron chi connectivity index (χ1n) is 8.64. The van der Waals surface area contributed by atoms with Crippen molar-refractivity contribution in [2.75, 3.05) is 7.11 Å². The number of hydrogen-bond acceptors (Lipinski definition) is 7. The van der Waals surface area contributed by atoms with Crippen LogP contribution in [0.25, 0.3) is 22.3 Å². The number of ether oxygens (including phenoxy) is 2. The lowest BCUT2D eigenvalue weighted by atomic mass is 10.1. The number of aryl methyl sites for hydroxylation is 1. The van der Waals surface area contributed by atoms with Crippen LogP contribution < -0.4 is 4.74 Å². The van der Waals surface area contributed by atoms with Gasteiger partial charge in [0.25, 0.3) is 5.89 Å². The van der Waals surface area contributed by atoms with Gasteiger partial charge in [-0.2, -0.15) is 4.98 Å². The molecule has 0 amide bonds. The predicted molar refractivity (Wildman–Crippen MR) is 102 cm³/mol. The molecule has 0 unspecified atom stereocenters. The fourth-order valence-corrected chi connectivity index (χ4v) is 2.87. The van der Waals surface area contributed by atoms with Crippen molar-refractivity contribution >= 4 is 16.9 Å². The highest BCUT2D eigenvalue weighted by atomic mass is 16.6. The monoisotopic (exact) mass is 375 g/mol. The number of nitrogens with zero attached hydrogens (tertiary/aromatic N) is 3. The molecule has 2 aromatic heterocycles. The molecule has 0 aliphatic heterocycles. The van der Waals surface area contributed by atoms with E-state index in [9.17, 15) is 4.79 Å². The van der Waals surface area contributed by atoms with Crippen molar-refractivity contribution in [2.45, 2.75) is 13.5 Å². The third-order valence-corrected chi connectivity index (χ3v) is 4.19. The molecule has 0 bridgehead atoms. The van der Waals surface area contributed by atoms with Gasteiger partial charge < -0.3 is 14.0 Å². The lowest BCUT2D eigenvalue weighted by Gasteiger charge is -2.07. The minimum Gasteiger partial charge on any atom is -0.497 e. The van der Waals surface area contributed by atoms with Gasteiger partial charge in [0.2, 0.25) is 5.82 Å². The van der Waals surface area contributed by atoms with Crippen molar-refractivity contribution in [3.63, 3.8) is 0 Å². The van der Waals surface area contributed by atoms with Gasteiger partial charge >= 0.3 is 5.97 Å². The van der Waals surface area contributed by atoms with Gasteiger partial charge in [-0.3, -0.25) is 4.98 Å². The van der Waals surface area contributed by atoms with Gasteiger partial charge in [0, 0.05) is 16.6 Å². The first-order chi connectivity index (χ1) is 13.6. The summed E-state index contributed by atoms with van der Waals surface area (Å²) >= 11 is 0. The number of hydrogen-bond donors (Lipinski definition) is 0. The van der Waals surface area contributed by atoms with E-state index in [1.165, 1.54) is 0 Å². The quantitative estimate of drug-likeness (QED) is 0.488. The second-order valence-corrected chi connectivity index (χ2v) is 6.15. The van der Waals surface area contributed by atoms with Crippen LogP contribution in [0.15, 0.2) is 59.1 Å². The topological polar surface area (TPSA) is 87.3 Å². The summed E-state index contributed by atoms with van der Waals surface area (Å²) in [7, 11) is 1.59. The summed E-state index contributed by atoms with van der Waals surface area (Å²) in [5.74, 6) is 0.828. The van der Waals surface area contributed by atoms with Gasteiger partial charge in [0.05, 0.1) is 18.2 Å². The Morgan fingerprint density at radius 2 is 1.93 bits per heavy atom. The zero-order valence-electron chi connectivity index (χ0n) is 15.4. The molecule has 0 aliphatic carbocycles. The summed E-state index contributed by atoms with van der Waals surface area (Å²) in [4.78, 5) is 21.3.